The van der Waals surface area contributed by atoms with E-state index in [9.17, 15) is 9.59 Å². The molecule has 0 atom stereocenters. The van der Waals surface area contributed by atoms with E-state index in [4.69, 9.17) is 61.1 Å². The summed E-state index contributed by atoms with van der Waals surface area (Å²) in [6.07, 6.45) is 0. The van der Waals surface area contributed by atoms with E-state index < -0.39 is 11.8 Å². The highest BCUT2D eigenvalue weighted by Crippen LogP contribution is 2.41. The molecule has 0 aliphatic carbocycles. The van der Waals surface area contributed by atoms with E-state index in [1.165, 1.54) is 35.7 Å². The first-order valence-electron chi connectivity index (χ1n) is 19.6. The SMILES string of the molecule is CC(N)=NCCSc1c(N)cc(C(C)(C)C)cc1NC(=O)c1cc(C(=O)Nc2cc(C(C)(C)C)cc(N)c2SCCN=C(N)N)c(OCCN=C(N)N)cc1OCCN=C(N)N. The average molecular weight is 894 g/mol. The van der Waals surface area contributed by atoms with E-state index in [1.807, 2.05) is 65.8 Å². The summed E-state index contributed by atoms with van der Waals surface area (Å²) in [7, 11) is 0. The van der Waals surface area contributed by atoms with Gasteiger partial charge in [-0.05, 0) is 59.2 Å². The number of nitrogens with zero attached hydrogens (tertiary/aromatic N) is 4. The van der Waals surface area contributed by atoms with Crippen molar-refractivity contribution in [3.05, 3.63) is 58.7 Å². The fraction of sp³-hybridized carbons (Fsp3) is 0.415. The van der Waals surface area contributed by atoms with Gasteiger partial charge in [-0.1, -0.05) is 41.5 Å². The minimum atomic E-state index is -0.620. The highest BCUT2D eigenvalue weighted by atomic mass is 32.2. The summed E-state index contributed by atoms with van der Waals surface area (Å²) in [6.45, 7) is 14.7. The second-order valence-electron chi connectivity index (χ2n) is 16.0. The van der Waals surface area contributed by atoms with Crippen LogP contribution in [-0.4, -0.2) is 86.4 Å². The lowest BCUT2D eigenvalue weighted by molar-refractivity contribution is 0.102. The number of hydrogen-bond donors (Lipinski definition) is 11. The number of thioether (sulfide) groups is 2. The minimum Gasteiger partial charge on any atom is -0.491 e. The van der Waals surface area contributed by atoms with Gasteiger partial charge in [-0.3, -0.25) is 29.6 Å². The Morgan fingerprint density at radius 1 is 0.565 bits per heavy atom. The highest BCUT2D eigenvalue weighted by molar-refractivity contribution is 7.99. The quantitative estimate of drug-likeness (QED) is 0.0255. The van der Waals surface area contributed by atoms with Gasteiger partial charge in [0.05, 0.1) is 64.3 Å². The van der Waals surface area contributed by atoms with Crippen molar-refractivity contribution in [3.8, 4) is 11.5 Å². The van der Waals surface area contributed by atoms with Gasteiger partial charge < -0.3 is 71.7 Å². The number of ether oxygens (including phenoxy) is 2. The number of amides is 2. The van der Waals surface area contributed by atoms with E-state index in [2.05, 4.69) is 30.6 Å². The molecule has 0 radical (unpaired) electrons. The van der Waals surface area contributed by atoms with E-state index in [0.717, 1.165) is 11.1 Å². The Labute approximate surface area is 371 Å². The van der Waals surface area contributed by atoms with Crippen molar-refractivity contribution < 1.29 is 19.1 Å². The maximum atomic E-state index is 14.6. The van der Waals surface area contributed by atoms with Crippen LogP contribution in [0.4, 0.5) is 22.7 Å². The van der Waals surface area contributed by atoms with Gasteiger partial charge in [0.2, 0.25) is 0 Å². The van der Waals surface area contributed by atoms with Crippen LogP contribution in [0, 0.1) is 0 Å². The number of nitrogens with two attached hydrogens (primary N) is 9. The molecule has 19 nitrogen and oxygen atoms in total. The second kappa shape index (κ2) is 22.6. The smallest absolute Gasteiger partial charge is 0.259 e. The molecular weight excluding hydrogens is 831 g/mol. The lowest BCUT2D eigenvalue weighted by atomic mass is 9.86. The molecule has 0 heterocycles. The third-order valence-corrected chi connectivity index (χ3v) is 10.9. The van der Waals surface area contributed by atoms with Crippen LogP contribution in [0.1, 0.15) is 80.3 Å². The van der Waals surface area contributed by atoms with Crippen LogP contribution in [0.25, 0.3) is 0 Å². The summed E-state index contributed by atoms with van der Waals surface area (Å²) >= 11 is 2.79. The average Bonchev–Trinajstić information content (AvgIpc) is 3.15. The molecule has 338 valence electrons. The first-order valence-corrected chi connectivity index (χ1v) is 21.6. The van der Waals surface area contributed by atoms with Crippen LogP contribution in [0.2, 0.25) is 0 Å². The van der Waals surface area contributed by atoms with Gasteiger partial charge in [-0.25, -0.2) is 0 Å². The summed E-state index contributed by atoms with van der Waals surface area (Å²) < 4.78 is 12.2. The number of nitrogen functional groups attached to an aromatic ring is 2. The molecule has 0 saturated carbocycles. The van der Waals surface area contributed by atoms with Crippen LogP contribution in [0.3, 0.4) is 0 Å². The van der Waals surface area contributed by atoms with Gasteiger partial charge in [0, 0.05) is 28.9 Å². The van der Waals surface area contributed by atoms with Crippen molar-refractivity contribution in [2.45, 2.75) is 69.1 Å². The van der Waals surface area contributed by atoms with Crippen molar-refractivity contribution in [2.75, 3.05) is 73.0 Å². The largest absolute Gasteiger partial charge is 0.491 e. The number of guanidine groups is 3. The fourth-order valence-electron chi connectivity index (χ4n) is 5.56. The first-order chi connectivity index (χ1) is 29.0. The maximum absolute atomic E-state index is 14.6. The molecule has 3 aromatic carbocycles. The third kappa shape index (κ3) is 15.7. The number of rotatable bonds is 20. The first kappa shape index (κ1) is 50.1. The lowest BCUT2D eigenvalue weighted by Gasteiger charge is -2.24. The third-order valence-electron chi connectivity index (χ3n) is 8.65. The van der Waals surface area contributed by atoms with Crippen molar-refractivity contribution in [3.63, 3.8) is 0 Å². The fourth-order valence-corrected chi connectivity index (χ4v) is 7.32. The molecule has 0 fully saturated rings. The standard InChI is InChI=1S/C41H63N15O4S2/c1-22(42)51-10-14-61-33-27(43)16-23(40(2,3)4)18-29(33)55-35(57)25-20-26(32(60-13-9-53-38(47)48)21-31(25)59-12-8-52-37(45)46)36(58)56-30-19-24(41(5,6)7)17-28(44)34(30)62-15-11-54-39(49)50/h16-21H,8-15,43-44H2,1-7H3,(H2,42,51)(H,55,57)(H,56,58)(H4,45,46,52)(H4,47,48,53)(H4,49,50,54). The van der Waals surface area contributed by atoms with Gasteiger partial charge in [-0.2, -0.15) is 0 Å². The number of aliphatic imine (C=N–C) groups is 4. The van der Waals surface area contributed by atoms with E-state index >= 15 is 0 Å². The summed E-state index contributed by atoms with van der Waals surface area (Å²) in [5.41, 5.74) is 55.2. The summed E-state index contributed by atoms with van der Waals surface area (Å²) in [5.74, 6) is 0.0189. The van der Waals surface area contributed by atoms with Gasteiger partial charge in [0.15, 0.2) is 17.9 Å². The Balaban J connectivity index is 2.26. The molecule has 0 aliphatic heterocycles. The lowest BCUT2D eigenvalue weighted by Crippen LogP contribution is -2.24. The number of carbonyl (C=O) groups excluding carboxylic acids is 2. The normalized spacial score (nSPS) is 11.6. The summed E-state index contributed by atoms with van der Waals surface area (Å²) in [4.78, 5) is 46.8. The Kier molecular flexibility index (Phi) is 18.3. The van der Waals surface area contributed by atoms with Crippen LogP contribution < -0.4 is 71.7 Å². The predicted octanol–water partition coefficient (Wildman–Crippen LogP) is 3.09. The molecule has 20 N–H and O–H groups in total. The van der Waals surface area contributed by atoms with Crippen LogP contribution >= 0.6 is 23.5 Å². The molecule has 21 heteroatoms. The van der Waals surface area contributed by atoms with Crippen molar-refractivity contribution in [2.24, 2.45) is 60.1 Å². The van der Waals surface area contributed by atoms with Crippen LogP contribution in [0.15, 0.2) is 66.2 Å². The summed E-state index contributed by atoms with van der Waals surface area (Å²) in [6, 6.07) is 10.3. The highest BCUT2D eigenvalue weighted by Gasteiger charge is 2.26. The number of hydrogen-bond acceptors (Lipinski definition) is 12. The van der Waals surface area contributed by atoms with Crippen LogP contribution in [0.5, 0.6) is 11.5 Å². The zero-order valence-electron chi connectivity index (χ0n) is 36.6. The van der Waals surface area contributed by atoms with Crippen molar-refractivity contribution >= 4 is 81.8 Å². The van der Waals surface area contributed by atoms with Crippen molar-refractivity contribution in [1.82, 2.24) is 0 Å². The van der Waals surface area contributed by atoms with E-state index in [1.54, 1.807) is 6.92 Å². The molecule has 0 bridgehead atoms. The van der Waals surface area contributed by atoms with E-state index in [0.29, 0.717) is 63.0 Å². The number of carbonyl (C=O) groups is 2. The zero-order chi connectivity index (χ0) is 46.4. The Bertz CT molecular complexity index is 2030. The predicted molar refractivity (Wildman–Crippen MR) is 258 cm³/mol. The zero-order valence-corrected chi connectivity index (χ0v) is 38.2. The molecule has 3 aromatic rings. The molecule has 0 spiro atoms. The monoisotopic (exact) mass is 893 g/mol. The molecule has 2 amide bonds. The molecule has 3 rings (SSSR count). The topological polar surface area (TPSA) is 360 Å². The molecule has 62 heavy (non-hydrogen) atoms. The number of amidine groups is 1. The molecule has 0 aromatic heterocycles. The Hall–Kier alpha value is -6.22. The molecule has 0 unspecified atom stereocenters. The number of anilines is 4. The number of benzene rings is 3. The van der Waals surface area contributed by atoms with Gasteiger partial charge in [-0.15, -0.1) is 23.5 Å². The second-order valence-corrected chi connectivity index (χ2v) is 18.2. The van der Waals surface area contributed by atoms with Crippen molar-refractivity contribution in [1.29, 1.82) is 0 Å². The van der Waals surface area contributed by atoms with E-state index in [-0.39, 0.29) is 77.6 Å². The van der Waals surface area contributed by atoms with Gasteiger partial charge >= 0.3 is 0 Å². The van der Waals surface area contributed by atoms with Gasteiger partial charge in [0.1, 0.15) is 24.7 Å². The van der Waals surface area contributed by atoms with Crippen LogP contribution in [-0.2, 0) is 10.8 Å². The Morgan fingerprint density at radius 3 is 1.29 bits per heavy atom. The maximum Gasteiger partial charge on any atom is 0.259 e. The molecular formula is C41H63N15O4S2. The molecule has 0 saturated heterocycles. The molecule has 0 aliphatic rings. The Morgan fingerprint density at radius 2 is 0.935 bits per heavy atom. The number of nitrogens with one attached hydrogen (secondary N) is 2. The minimum absolute atomic E-state index is 0.00903. The van der Waals surface area contributed by atoms with Gasteiger partial charge in [0.25, 0.3) is 11.8 Å². The summed E-state index contributed by atoms with van der Waals surface area (Å²) in [5, 5.41) is 6.07.